The van der Waals surface area contributed by atoms with Gasteiger partial charge in [-0.1, -0.05) is 143 Å². The summed E-state index contributed by atoms with van der Waals surface area (Å²) < 4.78 is 10.7. The van der Waals surface area contributed by atoms with Gasteiger partial charge in [-0.2, -0.15) is 0 Å². The molecule has 0 rings (SSSR count). The molecule has 0 bridgehead atoms. The second-order valence-corrected chi connectivity index (χ2v) is 11.9. The molecule has 0 aromatic carbocycles. The topological polar surface area (TPSA) is 52.6 Å². The van der Waals surface area contributed by atoms with Crippen molar-refractivity contribution in [2.75, 3.05) is 13.2 Å². The summed E-state index contributed by atoms with van der Waals surface area (Å²) in [6.07, 6.45) is 28.1. The Morgan fingerprint density at radius 3 is 1.32 bits per heavy atom. The first-order valence-corrected chi connectivity index (χ1v) is 16.8. The molecule has 4 nitrogen and oxygen atoms in total. The number of ether oxygens (including phenoxy) is 2. The third-order valence-electron chi connectivity index (χ3n) is 7.89. The quantitative estimate of drug-likeness (QED) is 0.0702. The van der Waals surface area contributed by atoms with E-state index in [4.69, 9.17) is 9.47 Å². The molecule has 4 heteroatoms. The Bertz CT molecular complexity index is 517. The lowest BCUT2D eigenvalue weighted by Gasteiger charge is -2.20. The maximum absolute atomic E-state index is 12.0. The standard InChI is InChI=1S/C34H66O4/c1-5-7-9-23-29-37-33(35)26-22-20-18-16-14-12-11-13-15-17-19-21-25-32(31(3)4)27-28-34(36)38-30-24-10-8-6-2/h31-32H,5-30H2,1-4H3. The monoisotopic (exact) mass is 538 g/mol. The molecule has 1 unspecified atom stereocenters. The highest BCUT2D eigenvalue weighted by molar-refractivity contribution is 5.69. The van der Waals surface area contributed by atoms with E-state index in [0.29, 0.717) is 37.9 Å². The van der Waals surface area contributed by atoms with Gasteiger partial charge in [-0.05, 0) is 37.5 Å². The number of hydrogen-bond acceptors (Lipinski definition) is 4. The van der Waals surface area contributed by atoms with Gasteiger partial charge >= 0.3 is 11.9 Å². The predicted octanol–water partition coefficient (Wildman–Crippen LogP) is 10.7. The smallest absolute Gasteiger partial charge is 0.305 e. The molecule has 0 aliphatic rings. The van der Waals surface area contributed by atoms with E-state index < -0.39 is 0 Å². The van der Waals surface area contributed by atoms with Gasteiger partial charge in [0.2, 0.25) is 0 Å². The fourth-order valence-electron chi connectivity index (χ4n) is 5.13. The fourth-order valence-corrected chi connectivity index (χ4v) is 5.13. The molecule has 0 amide bonds. The van der Waals surface area contributed by atoms with E-state index in [9.17, 15) is 9.59 Å². The number of carbonyl (C=O) groups excluding carboxylic acids is 2. The van der Waals surface area contributed by atoms with Crippen molar-refractivity contribution in [2.45, 2.75) is 182 Å². The van der Waals surface area contributed by atoms with E-state index in [1.807, 2.05) is 0 Å². The van der Waals surface area contributed by atoms with Crippen LogP contribution in [0.3, 0.4) is 0 Å². The number of esters is 2. The van der Waals surface area contributed by atoms with Crippen LogP contribution in [0.4, 0.5) is 0 Å². The molecule has 0 saturated heterocycles. The minimum absolute atomic E-state index is 0.000322. The lowest BCUT2D eigenvalue weighted by Crippen LogP contribution is -2.13. The maximum Gasteiger partial charge on any atom is 0.305 e. The summed E-state index contributed by atoms with van der Waals surface area (Å²) in [6, 6.07) is 0. The van der Waals surface area contributed by atoms with Crippen LogP contribution >= 0.6 is 0 Å². The Balaban J connectivity index is 3.49. The second-order valence-electron chi connectivity index (χ2n) is 11.9. The molecule has 0 fully saturated rings. The van der Waals surface area contributed by atoms with Crippen molar-refractivity contribution in [3.63, 3.8) is 0 Å². The SMILES string of the molecule is CCCCCCOC(=O)CCCCCCCCCCCCCCC(CCC(=O)OCCCCCC)C(C)C. The average molecular weight is 539 g/mol. The van der Waals surface area contributed by atoms with Crippen LogP contribution in [0.2, 0.25) is 0 Å². The van der Waals surface area contributed by atoms with Gasteiger partial charge in [-0.15, -0.1) is 0 Å². The van der Waals surface area contributed by atoms with Crippen molar-refractivity contribution in [3.8, 4) is 0 Å². The average Bonchev–Trinajstić information content (AvgIpc) is 2.90. The molecule has 1 atom stereocenters. The van der Waals surface area contributed by atoms with E-state index >= 15 is 0 Å². The zero-order chi connectivity index (χ0) is 28.1. The van der Waals surface area contributed by atoms with E-state index in [2.05, 4.69) is 27.7 Å². The van der Waals surface area contributed by atoms with Crippen molar-refractivity contribution >= 4 is 11.9 Å². The Morgan fingerprint density at radius 2 is 0.868 bits per heavy atom. The van der Waals surface area contributed by atoms with Gasteiger partial charge in [-0.25, -0.2) is 0 Å². The van der Waals surface area contributed by atoms with Crippen LogP contribution in [-0.4, -0.2) is 25.2 Å². The highest BCUT2D eigenvalue weighted by Gasteiger charge is 2.15. The maximum atomic E-state index is 12.0. The van der Waals surface area contributed by atoms with Gasteiger partial charge in [0.05, 0.1) is 13.2 Å². The molecule has 0 heterocycles. The summed E-state index contributed by atoms with van der Waals surface area (Å²) in [6.45, 7) is 10.2. The van der Waals surface area contributed by atoms with Gasteiger partial charge < -0.3 is 9.47 Å². The molecule has 226 valence electrons. The summed E-state index contributed by atoms with van der Waals surface area (Å²) >= 11 is 0. The number of rotatable bonds is 29. The van der Waals surface area contributed by atoms with E-state index in [-0.39, 0.29) is 11.9 Å². The molecule has 0 aliphatic carbocycles. The number of carbonyl (C=O) groups is 2. The van der Waals surface area contributed by atoms with Crippen molar-refractivity contribution in [1.82, 2.24) is 0 Å². The molecule has 0 aromatic heterocycles. The van der Waals surface area contributed by atoms with Gasteiger partial charge in [0.25, 0.3) is 0 Å². The van der Waals surface area contributed by atoms with Crippen LogP contribution < -0.4 is 0 Å². The molecule has 0 N–H and O–H groups in total. The van der Waals surface area contributed by atoms with Crippen LogP contribution in [0.25, 0.3) is 0 Å². The number of hydrogen-bond donors (Lipinski definition) is 0. The minimum atomic E-state index is -0.00516. The van der Waals surface area contributed by atoms with Crippen molar-refractivity contribution < 1.29 is 19.1 Å². The largest absolute Gasteiger partial charge is 0.466 e. The molecular formula is C34H66O4. The van der Waals surface area contributed by atoms with Crippen molar-refractivity contribution in [1.29, 1.82) is 0 Å². The Morgan fingerprint density at radius 1 is 0.474 bits per heavy atom. The zero-order valence-electron chi connectivity index (χ0n) is 26.2. The Kier molecular flexibility index (Phi) is 28.1. The van der Waals surface area contributed by atoms with Crippen LogP contribution in [0.15, 0.2) is 0 Å². The van der Waals surface area contributed by atoms with E-state index in [0.717, 1.165) is 32.1 Å². The number of unbranched alkanes of at least 4 members (excludes halogenated alkanes) is 17. The van der Waals surface area contributed by atoms with Gasteiger partial charge in [0, 0.05) is 12.8 Å². The second kappa shape index (κ2) is 28.9. The first-order chi connectivity index (χ1) is 18.5. The third-order valence-corrected chi connectivity index (χ3v) is 7.89. The fraction of sp³-hybridized carbons (Fsp3) is 0.941. The molecule has 0 spiro atoms. The third kappa shape index (κ3) is 26.5. The normalized spacial score (nSPS) is 12.1. The highest BCUT2D eigenvalue weighted by atomic mass is 16.5. The minimum Gasteiger partial charge on any atom is -0.466 e. The summed E-state index contributed by atoms with van der Waals surface area (Å²) in [5, 5.41) is 0. The lowest BCUT2D eigenvalue weighted by molar-refractivity contribution is -0.145. The zero-order valence-corrected chi connectivity index (χ0v) is 26.2. The lowest BCUT2D eigenvalue weighted by atomic mass is 9.86. The molecule has 0 saturated carbocycles. The van der Waals surface area contributed by atoms with Crippen LogP contribution in [-0.2, 0) is 19.1 Å². The summed E-state index contributed by atoms with van der Waals surface area (Å²) in [5.41, 5.74) is 0. The Labute approximate surface area is 237 Å². The van der Waals surface area contributed by atoms with Crippen molar-refractivity contribution in [2.24, 2.45) is 11.8 Å². The Hall–Kier alpha value is -1.06. The first-order valence-electron chi connectivity index (χ1n) is 16.8. The molecule has 38 heavy (non-hydrogen) atoms. The summed E-state index contributed by atoms with van der Waals surface area (Å²) in [4.78, 5) is 23.7. The predicted molar refractivity (Wildman–Crippen MR) is 162 cm³/mol. The van der Waals surface area contributed by atoms with Crippen LogP contribution in [0.5, 0.6) is 0 Å². The molecule has 0 aliphatic heterocycles. The molecular weight excluding hydrogens is 472 g/mol. The summed E-state index contributed by atoms with van der Waals surface area (Å²) in [7, 11) is 0. The first kappa shape index (κ1) is 36.9. The van der Waals surface area contributed by atoms with Crippen molar-refractivity contribution in [3.05, 3.63) is 0 Å². The van der Waals surface area contributed by atoms with Gasteiger partial charge in [0.15, 0.2) is 0 Å². The van der Waals surface area contributed by atoms with E-state index in [1.54, 1.807) is 0 Å². The van der Waals surface area contributed by atoms with Gasteiger partial charge in [-0.3, -0.25) is 9.59 Å². The van der Waals surface area contributed by atoms with Crippen LogP contribution in [0.1, 0.15) is 182 Å². The molecule has 0 aromatic rings. The summed E-state index contributed by atoms with van der Waals surface area (Å²) in [5.74, 6) is 1.28. The molecule has 0 radical (unpaired) electrons. The van der Waals surface area contributed by atoms with Gasteiger partial charge in [0.1, 0.15) is 0 Å². The van der Waals surface area contributed by atoms with E-state index in [1.165, 1.54) is 109 Å². The highest BCUT2D eigenvalue weighted by Crippen LogP contribution is 2.24. The van der Waals surface area contributed by atoms with Crippen LogP contribution in [0, 0.1) is 11.8 Å².